The van der Waals surface area contributed by atoms with Gasteiger partial charge in [0.05, 0.1) is 6.04 Å². The van der Waals surface area contributed by atoms with E-state index in [1.807, 2.05) is 0 Å². The lowest BCUT2D eigenvalue weighted by atomic mass is 9.94. The van der Waals surface area contributed by atoms with Crippen LogP contribution in [0.5, 0.6) is 0 Å². The third-order valence-corrected chi connectivity index (χ3v) is 4.22. The lowest BCUT2D eigenvalue weighted by Gasteiger charge is -2.32. The first-order valence-electron chi connectivity index (χ1n) is 7.03. The molecule has 1 aromatic heterocycles. The maximum absolute atomic E-state index is 4.86. The topological polar surface area (TPSA) is 41.1 Å². The molecular formula is C14H22N4. The van der Waals surface area contributed by atoms with Crippen LogP contribution < -0.4 is 5.32 Å². The van der Waals surface area contributed by atoms with Gasteiger partial charge in [0.25, 0.3) is 0 Å². The third-order valence-electron chi connectivity index (χ3n) is 4.22. The van der Waals surface area contributed by atoms with Crippen molar-refractivity contribution >= 4 is 0 Å². The van der Waals surface area contributed by atoms with Crippen molar-refractivity contribution in [2.24, 2.45) is 0 Å². The van der Waals surface area contributed by atoms with E-state index < -0.39 is 0 Å². The number of nitrogens with one attached hydrogen (secondary N) is 1. The average molecular weight is 246 g/mol. The van der Waals surface area contributed by atoms with Crippen molar-refractivity contribution in [1.82, 2.24) is 20.2 Å². The van der Waals surface area contributed by atoms with Crippen LogP contribution in [0.25, 0.3) is 0 Å². The summed E-state index contributed by atoms with van der Waals surface area (Å²) in [4.78, 5) is 12.0. The van der Waals surface area contributed by atoms with Crippen molar-refractivity contribution in [2.75, 3.05) is 26.7 Å². The molecule has 4 nitrogen and oxygen atoms in total. The number of aryl methyl sites for hydroxylation is 2. The summed E-state index contributed by atoms with van der Waals surface area (Å²) in [5.41, 5.74) is 3.92. The van der Waals surface area contributed by atoms with Gasteiger partial charge in [-0.2, -0.15) is 0 Å². The van der Waals surface area contributed by atoms with E-state index in [1.165, 1.54) is 36.2 Å². The largest absolute Gasteiger partial charge is 0.313 e. The molecule has 18 heavy (non-hydrogen) atoms. The van der Waals surface area contributed by atoms with E-state index >= 15 is 0 Å². The van der Waals surface area contributed by atoms with E-state index in [2.05, 4.69) is 24.2 Å². The molecule has 1 aliphatic carbocycles. The van der Waals surface area contributed by atoms with Gasteiger partial charge in [-0.3, -0.25) is 4.90 Å². The van der Waals surface area contributed by atoms with E-state index in [0.29, 0.717) is 6.04 Å². The zero-order chi connectivity index (χ0) is 12.5. The normalized spacial score (nSPS) is 24.9. The monoisotopic (exact) mass is 246 g/mol. The van der Waals surface area contributed by atoms with Gasteiger partial charge >= 0.3 is 0 Å². The van der Waals surface area contributed by atoms with E-state index in [4.69, 9.17) is 9.97 Å². The van der Waals surface area contributed by atoms with Crippen molar-refractivity contribution in [1.29, 1.82) is 0 Å². The smallest absolute Gasteiger partial charge is 0.147 e. The molecule has 4 heteroatoms. The number of fused-ring (bicyclic) bond motifs is 1. The van der Waals surface area contributed by atoms with Crippen LogP contribution in [0, 0.1) is 6.92 Å². The molecule has 0 aromatic carbocycles. The summed E-state index contributed by atoms with van der Waals surface area (Å²) in [6.07, 6.45) is 4.87. The molecule has 2 heterocycles. The van der Waals surface area contributed by atoms with E-state index in [9.17, 15) is 0 Å². The first-order chi connectivity index (χ1) is 8.75. The lowest BCUT2D eigenvalue weighted by molar-refractivity contribution is 0.193. The molecule has 0 spiro atoms. The Hall–Kier alpha value is -1.00. The molecule has 1 aliphatic heterocycles. The van der Waals surface area contributed by atoms with Crippen molar-refractivity contribution in [2.45, 2.75) is 38.6 Å². The minimum Gasteiger partial charge on any atom is -0.313 e. The summed E-state index contributed by atoms with van der Waals surface area (Å²) >= 11 is 0. The molecule has 3 rings (SSSR count). The van der Waals surface area contributed by atoms with Crippen LogP contribution in [0.1, 0.15) is 41.7 Å². The molecule has 1 saturated heterocycles. The quantitative estimate of drug-likeness (QED) is 0.809. The molecule has 2 aliphatic rings. The van der Waals surface area contributed by atoms with Crippen LogP contribution in [0.15, 0.2) is 0 Å². The van der Waals surface area contributed by atoms with Gasteiger partial charge < -0.3 is 5.32 Å². The molecular weight excluding hydrogens is 224 g/mol. The molecule has 1 atom stereocenters. The van der Waals surface area contributed by atoms with Gasteiger partial charge in [0.2, 0.25) is 0 Å². The molecule has 0 amide bonds. The van der Waals surface area contributed by atoms with E-state index in [-0.39, 0.29) is 0 Å². The highest BCUT2D eigenvalue weighted by Crippen LogP contribution is 2.25. The van der Waals surface area contributed by atoms with Gasteiger partial charge in [0.1, 0.15) is 5.82 Å². The summed E-state index contributed by atoms with van der Waals surface area (Å²) < 4.78 is 0. The van der Waals surface area contributed by atoms with Crippen LogP contribution >= 0.6 is 0 Å². The molecule has 98 valence electrons. The van der Waals surface area contributed by atoms with Crippen LogP contribution in [-0.2, 0) is 12.8 Å². The van der Waals surface area contributed by atoms with Gasteiger partial charge in [0, 0.05) is 31.0 Å². The molecule has 1 N–H and O–H groups in total. The Kier molecular flexibility index (Phi) is 3.31. The van der Waals surface area contributed by atoms with Crippen molar-refractivity contribution < 1.29 is 0 Å². The highest BCUT2D eigenvalue weighted by atomic mass is 15.2. The fraction of sp³-hybridized carbons (Fsp3) is 0.714. The number of likely N-dealkylation sites (N-methyl/N-ethyl adjacent to an activating group) is 1. The predicted octanol–water partition coefficient (Wildman–Crippen LogP) is 1.24. The lowest BCUT2D eigenvalue weighted by Crippen LogP contribution is -2.44. The van der Waals surface area contributed by atoms with Crippen molar-refractivity contribution in [3.63, 3.8) is 0 Å². The summed E-state index contributed by atoms with van der Waals surface area (Å²) in [6, 6.07) is 0.338. The summed E-state index contributed by atoms with van der Waals surface area (Å²) in [6.45, 7) is 5.25. The highest BCUT2D eigenvalue weighted by molar-refractivity contribution is 5.28. The molecule has 1 aromatic rings. The Labute approximate surface area is 109 Å². The minimum atomic E-state index is 0.338. The van der Waals surface area contributed by atoms with Gasteiger partial charge in [-0.25, -0.2) is 9.97 Å². The summed E-state index contributed by atoms with van der Waals surface area (Å²) in [7, 11) is 2.17. The van der Waals surface area contributed by atoms with E-state index in [1.54, 1.807) is 0 Å². The second kappa shape index (κ2) is 4.94. The molecule has 1 unspecified atom stereocenters. The van der Waals surface area contributed by atoms with Crippen LogP contribution in [-0.4, -0.2) is 41.5 Å². The minimum absolute atomic E-state index is 0.338. The standard InChI is InChI=1S/C14H22N4/c1-10-11-5-3-4-6-12(11)17-14(16-10)13-9-15-7-8-18(13)2/h13,15H,3-9H2,1-2H3. The second-order valence-corrected chi connectivity index (χ2v) is 5.50. The summed E-state index contributed by atoms with van der Waals surface area (Å²) in [5.74, 6) is 1.02. The average Bonchev–Trinajstić information content (AvgIpc) is 2.39. The molecule has 0 bridgehead atoms. The van der Waals surface area contributed by atoms with Crippen LogP contribution in [0.2, 0.25) is 0 Å². The SMILES string of the molecule is Cc1nc(C2CNCCN2C)nc2c1CCCC2. The zero-order valence-electron chi connectivity index (χ0n) is 11.4. The van der Waals surface area contributed by atoms with Crippen LogP contribution in [0.3, 0.4) is 0 Å². The third kappa shape index (κ3) is 2.15. The second-order valence-electron chi connectivity index (χ2n) is 5.50. The number of piperazine rings is 1. The number of rotatable bonds is 1. The van der Waals surface area contributed by atoms with Crippen molar-refractivity contribution in [3.8, 4) is 0 Å². The molecule has 0 radical (unpaired) electrons. The Morgan fingerprint density at radius 3 is 2.89 bits per heavy atom. The zero-order valence-corrected chi connectivity index (χ0v) is 11.4. The highest BCUT2D eigenvalue weighted by Gasteiger charge is 2.25. The number of hydrogen-bond donors (Lipinski definition) is 1. The van der Waals surface area contributed by atoms with Gasteiger partial charge in [-0.1, -0.05) is 0 Å². The first kappa shape index (κ1) is 12.1. The molecule has 0 saturated carbocycles. The Bertz CT molecular complexity index is 444. The molecule has 1 fully saturated rings. The number of nitrogens with zero attached hydrogens (tertiary/aromatic N) is 3. The maximum atomic E-state index is 4.86. The first-order valence-corrected chi connectivity index (χ1v) is 7.03. The fourth-order valence-corrected chi connectivity index (χ4v) is 3.05. The van der Waals surface area contributed by atoms with Gasteiger partial charge in [0.15, 0.2) is 0 Å². The number of aromatic nitrogens is 2. The number of hydrogen-bond acceptors (Lipinski definition) is 4. The van der Waals surface area contributed by atoms with Gasteiger partial charge in [-0.15, -0.1) is 0 Å². The van der Waals surface area contributed by atoms with Crippen molar-refractivity contribution in [3.05, 3.63) is 22.8 Å². The Morgan fingerprint density at radius 1 is 1.22 bits per heavy atom. The van der Waals surface area contributed by atoms with Crippen LogP contribution in [0.4, 0.5) is 0 Å². The van der Waals surface area contributed by atoms with Gasteiger partial charge in [-0.05, 0) is 45.2 Å². The Balaban J connectivity index is 1.94. The fourth-order valence-electron chi connectivity index (χ4n) is 3.05. The predicted molar refractivity (Wildman–Crippen MR) is 71.7 cm³/mol. The summed E-state index contributed by atoms with van der Waals surface area (Å²) in [5, 5.41) is 3.44. The van der Waals surface area contributed by atoms with E-state index in [0.717, 1.165) is 31.9 Å². The Morgan fingerprint density at radius 2 is 2.06 bits per heavy atom. The maximum Gasteiger partial charge on any atom is 0.147 e.